The van der Waals surface area contributed by atoms with Crippen molar-refractivity contribution in [3.05, 3.63) is 69.8 Å². The number of hydrogen-bond acceptors (Lipinski definition) is 0. The van der Waals surface area contributed by atoms with Crippen molar-refractivity contribution in [2.45, 2.75) is 78.6 Å². The van der Waals surface area contributed by atoms with E-state index in [0.29, 0.717) is 5.56 Å². The summed E-state index contributed by atoms with van der Waals surface area (Å²) in [5.74, 6) is 0. The molecule has 0 aliphatic carbocycles. The van der Waals surface area contributed by atoms with Crippen LogP contribution in [0.15, 0.2) is 36.4 Å². The predicted molar refractivity (Wildman–Crippen MR) is 110 cm³/mol. The summed E-state index contributed by atoms with van der Waals surface area (Å²) in [6.07, 6.45) is -8.51. The van der Waals surface area contributed by atoms with Gasteiger partial charge in [0.25, 0.3) is 0 Å². The van der Waals surface area contributed by atoms with Gasteiger partial charge in [-0.1, -0.05) is 59.2 Å². The Morgan fingerprint density at radius 3 is 1.40 bits per heavy atom. The van der Waals surface area contributed by atoms with Gasteiger partial charge in [-0.25, -0.2) is 0 Å². The zero-order valence-electron chi connectivity index (χ0n) is 18.7. The maximum Gasteiger partial charge on any atom is 0.416 e. The molecule has 0 saturated heterocycles. The summed E-state index contributed by atoms with van der Waals surface area (Å²) in [5.41, 5.74) is 1.36. The van der Waals surface area contributed by atoms with Gasteiger partial charge in [0.2, 0.25) is 0 Å². The molecule has 0 atom stereocenters. The van der Waals surface area contributed by atoms with E-state index in [1.807, 2.05) is 48.5 Å². The minimum absolute atomic E-state index is 0.258. The molecule has 0 aromatic heterocycles. The van der Waals surface area contributed by atoms with Gasteiger partial charge in [-0.2, -0.15) is 26.3 Å². The third-order valence-electron chi connectivity index (χ3n) is 4.64. The van der Waals surface area contributed by atoms with E-state index in [1.54, 1.807) is 13.0 Å². The summed E-state index contributed by atoms with van der Waals surface area (Å²) in [6.45, 7) is 15.0. The van der Waals surface area contributed by atoms with Crippen molar-refractivity contribution >= 4 is 0 Å². The summed E-state index contributed by atoms with van der Waals surface area (Å²) >= 11 is 0. The lowest BCUT2D eigenvalue weighted by Crippen LogP contribution is -2.15. The lowest BCUT2D eigenvalue weighted by molar-refractivity contribution is -0.138. The first-order chi connectivity index (χ1) is 13.2. The number of halogens is 6. The van der Waals surface area contributed by atoms with Crippen molar-refractivity contribution in [2.75, 3.05) is 0 Å². The van der Waals surface area contributed by atoms with Crippen LogP contribution in [0.2, 0.25) is 0 Å². The summed E-state index contributed by atoms with van der Waals surface area (Å²) in [6, 6.07) is 8.11. The Bertz CT molecular complexity index is 827. The number of benzene rings is 2. The second kappa shape index (κ2) is 8.64. The van der Waals surface area contributed by atoms with E-state index in [2.05, 4.69) is 0 Å². The maximum atomic E-state index is 12.5. The molecule has 0 N–H and O–H groups in total. The molecule has 0 saturated carbocycles. The number of aryl methyl sites for hydroxylation is 2. The third kappa shape index (κ3) is 7.37. The molecular formula is C24H30F6. The van der Waals surface area contributed by atoms with Crippen molar-refractivity contribution < 1.29 is 26.3 Å². The number of hydrogen-bond donors (Lipinski definition) is 0. The van der Waals surface area contributed by atoms with Gasteiger partial charge in [0.05, 0.1) is 11.1 Å². The van der Waals surface area contributed by atoms with Crippen LogP contribution in [0.5, 0.6) is 0 Å². The molecule has 0 amide bonds. The average molecular weight is 432 g/mol. The van der Waals surface area contributed by atoms with Crippen LogP contribution < -0.4 is 0 Å². The van der Waals surface area contributed by atoms with Crippen molar-refractivity contribution in [1.82, 2.24) is 0 Å². The summed E-state index contributed by atoms with van der Waals surface area (Å²) < 4.78 is 75.1. The van der Waals surface area contributed by atoms with Crippen LogP contribution in [0.1, 0.15) is 74.9 Å². The van der Waals surface area contributed by atoms with E-state index in [9.17, 15) is 26.3 Å². The fourth-order valence-corrected chi connectivity index (χ4v) is 2.99. The van der Waals surface area contributed by atoms with Crippen LogP contribution in [0, 0.1) is 13.8 Å². The van der Waals surface area contributed by atoms with Crippen LogP contribution >= 0.6 is 0 Å². The van der Waals surface area contributed by atoms with Crippen LogP contribution in [-0.4, -0.2) is 0 Å². The zero-order chi connectivity index (χ0) is 23.7. The summed E-state index contributed by atoms with van der Waals surface area (Å²) in [7, 11) is 0. The Morgan fingerprint density at radius 2 is 1.00 bits per heavy atom. The Kier molecular flexibility index (Phi) is 7.50. The van der Waals surface area contributed by atoms with Gasteiger partial charge in [-0.05, 0) is 65.6 Å². The topological polar surface area (TPSA) is 0 Å². The van der Waals surface area contributed by atoms with Crippen LogP contribution in [0.4, 0.5) is 26.3 Å². The van der Waals surface area contributed by atoms with Crippen molar-refractivity contribution in [2.24, 2.45) is 0 Å². The van der Waals surface area contributed by atoms with Crippen molar-refractivity contribution in [3.63, 3.8) is 0 Å². The lowest BCUT2D eigenvalue weighted by Gasteiger charge is -2.23. The number of rotatable bonds is 0. The highest BCUT2D eigenvalue weighted by atomic mass is 19.4. The minimum Gasteiger partial charge on any atom is -0.166 e. The van der Waals surface area contributed by atoms with Gasteiger partial charge in [0, 0.05) is 0 Å². The largest absolute Gasteiger partial charge is 0.416 e. The van der Waals surface area contributed by atoms with Crippen LogP contribution in [0.3, 0.4) is 0 Å². The molecule has 0 bridgehead atoms. The van der Waals surface area contributed by atoms with E-state index in [0.717, 1.165) is 22.8 Å². The summed E-state index contributed by atoms with van der Waals surface area (Å²) in [5, 5.41) is 0. The molecule has 2 rings (SSSR count). The SMILES string of the molecule is Cc1cc(C(C)(C)C)cc(C(F)(F)F)c1.Cc1ccc(C(F)(F)F)cc1C(C)(C)C. The molecule has 2 aromatic carbocycles. The van der Waals surface area contributed by atoms with Gasteiger partial charge in [-0.3, -0.25) is 0 Å². The molecule has 168 valence electrons. The molecule has 0 aliphatic rings. The molecule has 0 radical (unpaired) electrons. The Balaban J connectivity index is 0.000000300. The quantitative estimate of drug-likeness (QED) is 0.366. The highest BCUT2D eigenvalue weighted by Gasteiger charge is 2.32. The molecule has 0 fully saturated rings. The highest BCUT2D eigenvalue weighted by Crippen LogP contribution is 2.35. The number of alkyl halides is 6. The van der Waals surface area contributed by atoms with Gasteiger partial charge in [-0.15, -0.1) is 0 Å². The van der Waals surface area contributed by atoms with Gasteiger partial charge in [0.15, 0.2) is 0 Å². The lowest BCUT2D eigenvalue weighted by atomic mass is 9.83. The predicted octanol–water partition coefficient (Wildman–Crippen LogP) is 8.62. The van der Waals surface area contributed by atoms with E-state index in [-0.39, 0.29) is 10.8 Å². The normalized spacial score (nSPS) is 13.0. The fraction of sp³-hybridized carbons (Fsp3) is 0.500. The van der Waals surface area contributed by atoms with E-state index >= 15 is 0 Å². The summed E-state index contributed by atoms with van der Waals surface area (Å²) in [4.78, 5) is 0. The molecule has 30 heavy (non-hydrogen) atoms. The van der Waals surface area contributed by atoms with E-state index in [1.165, 1.54) is 24.3 Å². The monoisotopic (exact) mass is 432 g/mol. The third-order valence-corrected chi connectivity index (χ3v) is 4.64. The first kappa shape index (κ1) is 26.1. The molecule has 2 aromatic rings. The second-order valence-electron chi connectivity index (χ2n) is 9.61. The van der Waals surface area contributed by atoms with Crippen LogP contribution in [0.25, 0.3) is 0 Å². The first-order valence-electron chi connectivity index (χ1n) is 9.60. The molecule has 0 heterocycles. The standard InChI is InChI=1S/2C12H15F3/c1-8-5-9(11(2,3)4)7-10(6-8)12(13,14)15;1-8-5-6-9(12(13,14)15)7-10(8)11(2,3)4/h2*5-7H,1-4H3. The molecule has 0 spiro atoms. The smallest absolute Gasteiger partial charge is 0.166 e. The highest BCUT2D eigenvalue weighted by molar-refractivity contribution is 5.37. The Labute approximate surface area is 175 Å². The van der Waals surface area contributed by atoms with E-state index < -0.39 is 23.5 Å². The molecule has 0 nitrogen and oxygen atoms in total. The van der Waals surface area contributed by atoms with Crippen molar-refractivity contribution in [3.8, 4) is 0 Å². The van der Waals surface area contributed by atoms with Crippen LogP contribution in [-0.2, 0) is 23.2 Å². The maximum absolute atomic E-state index is 12.5. The van der Waals surface area contributed by atoms with E-state index in [4.69, 9.17) is 0 Å². The minimum atomic E-state index is -4.26. The zero-order valence-corrected chi connectivity index (χ0v) is 18.7. The average Bonchev–Trinajstić information content (AvgIpc) is 2.51. The fourth-order valence-electron chi connectivity index (χ4n) is 2.99. The molecule has 0 unspecified atom stereocenters. The van der Waals surface area contributed by atoms with Gasteiger partial charge < -0.3 is 0 Å². The molecular weight excluding hydrogens is 402 g/mol. The molecule has 0 aliphatic heterocycles. The Morgan fingerprint density at radius 1 is 0.533 bits per heavy atom. The van der Waals surface area contributed by atoms with Gasteiger partial charge in [0.1, 0.15) is 0 Å². The van der Waals surface area contributed by atoms with Gasteiger partial charge >= 0.3 is 12.4 Å². The Hall–Kier alpha value is -1.98. The van der Waals surface area contributed by atoms with Crippen molar-refractivity contribution in [1.29, 1.82) is 0 Å². The molecule has 6 heteroatoms. The second-order valence-corrected chi connectivity index (χ2v) is 9.61. The first-order valence-corrected chi connectivity index (χ1v) is 9.60.